The highest BCUT2D eigenvalue weighted by Gasteiger charge is 2.18. The number of nitrogens with two attached hydrogens (primary N) is 1. The maximum atomic E-state index is 6.37. The molecule has 104 valence electrons. The molecule has 1 heterocycles. The first-order valence-electron chi connectivity index (χ1n) is 6.03. The van der Waals surface area contributed by atoms with E-state index in [0.717, 1.165) is 0 Å². The molecule has 0 aliphatic rings. The fourth-order valence-corrected chi connectivity index (χ4v) is 3.61. The normalized spacial score (nSPS) is 12.8. The average Bonchev–Trinajstić information content (AvgIpc) is 2.80. The van der Waals surface area contributed by atoms with Gasteiger partial charge < -0.3 is 5.73 Å². The minimum Gasteiger partial charge on any atom is -0.320 e. The highest BCUT2D eigenvalue weighted by molar-refractivity contribution is 8.00. The smallest absolute Gasteiger partial charge is 0.0570 e. The van der Waals surface area contributed by atoms with Crippen molar-refractivity contribution in [1.29, 1.82) is 0 Å². The zero-order valence-corrected chi connectivity index (χ0v) is 13.9. The van der Waals surface area contributed by atoms with Gasteiger partial charge in [-0.25, -0.2) is 0 Å². The summed E-state index contributed by atoms with van der Waals surface area (Å²) in [5, 5.41) is 4.21. The maximum Gasteiger partial charge on any atom is 0.0570 e. The molecular formula is C15H20ClNS2. The van der Waals surface area contributed by atoms with E-state index in [4.69, 9.17) is 5.73 Å². The van der Waals surface area contributed by atoms with Crippen molar-refractivity contribution in [2.45, 2.75) is 36.5 Å². The highest BCUT2D eigenvalue weighted by atomic mass is 35.5. The van der Waals surface area contributed by atoms with E-state index in [1.807, 2.05) is 11.8 Å². The van der Waals surface area contributed by atoms with Crippen molar-refractivity contribution >= 4 is 35.5 Å². The number of thiophene rings is 1. The standard InChI is InChI=1S/C15H19NS2.ClH/c1-15(2,3)18-13-7-5-4-6-12(13)14(16)11-8-9-17-10-11;/h4-10,14H,16H2,1-3H3;1H/t14-;/m1./s1. The molecule has 0 saturated heterocycles. The molecule has 2 rings (SSSR count). The lowest BCUT2D eigenvalue weighted by molar-refractivity contribution is 0.796. The second-order valence-electron chi connectivity index (χ2n) is 5.29. The van der Waals surface area contributed by atoms with E-state index in [2.05, 4.69) is 61.9 Å². The van der Waals surface area contributed by atoms with Crippen LogP contribution in [0.5, 0.6) is 0 Å². The number of rotatable bonds is 3. The van der Waals surface area contributed by atoms with Crippen molar-refractivity contribution in [1.82, 2.24) is 0 Å². The van der Waals surface area contributed by atoms with Gasteiger partial charge >= 0.3 is 0 Å². The monoisotopic (exact) mass is 313 g/mol. The van der Waals surface area contributed by atoms with E-state index in [1.54, 1.807) is 11.3 Å². The molecule has 0 bridgehead atoms. The number of halogens is 1. The van der Waals surface area contributed by atoms with Crippen LogP contribution < -0.4 is 5.73 Å². The SMILES string of the molecule is CC(C)(C)Sc1ccccc1[C@H](N)c1ccsc1.Cl. The first-order valence-corrected chi connectivity index (χ1v) is 7.79. The van der Waals surface area contributed by atoms with Gasteiger partial charge in [-0.15, -0.1) is 24.2 Å². The third-order valence-electron chi connectivity index (χ3n) is 2.57. The molecule has 0 amide bonds. The van der Waals surface area contributed by atoms with Crippen LogP contribution in [0.1, 0.15) is 37.9 Å². The lowest BCUT2D eigenvalue weighted by Gasteiger charge is -2.22. The van der Waals surface area contributed by atoms with E-state index < -0.39 is 0 Å². The molecule has 1 atom stereocenters. The van der Waals surface area contributed by atoms with Gasteiger partial charge in [0.05, 0.1) is 6.04 Å². The van der Waals surface area contributed by atoms with Crippen molar-refractivity contribution < 1.29 is 0 Å². The van der Waals surface area contributed by atoms with Gasteiger partial charge in [-0.3, -0.25) is 0 Å². The summed E-state index contributed by atoms with van der Waals surface area (Å²) in [6, 6.07) is 10.5. The van der Waals surface area contributed by atoms with E-state index in [1.165, 1.54) is 16.0 Å². The number of hydrogen-bond acceptors (Lipinski definition) is 3. The summed E-state index contributed by atoms with van der Waals surface area (Å²) in [5.74, 6) is 0. The minimum absolute atomic E-state index is 0. The molecule has 19 heavy (non-hydrogen) atoms. The van der Waals surface area contributed by atoms with Gasteiger partial charge in [-0.1, -0.05) is 39.0 Å². The van der Waals surface area contributed by atoms with Gasteiger partial charge in [0.25, 0.3) is 0 Å². The van der Waals surface area contributed by atoms with Gasteiger partial charge in [0, 0.05) is 9.64 Å². The fourth-order valence-electron chi connectivity index (χ4n) is 1.79. The Bertz CT molecular complexity index is 503. The second-order valence-corrected chi connectivity index (χ2v) is 7.94. The molecule has 0 radical (unpaired) electrons. The van der Waals surface area contributed by atoms with E-state index >= 15 is 0 Å². The molecular weight excluding hydrogens is 294 g/mol. The number of thioether (sulfide) groups is 1. The quantitative estimate of drug-likeness (QED) is 0.797. The summed E-state index contributed by atoms with van der Waals surface area (Å²) in [6.45, 7) is 6.68. The zero-order valence-electron chi connectivity index (χ0n) is 11.4. The Hall–Kier alpha value is -0.480. The van der Waals surface area contributed by atoms with Crippen LogP contribution in [0.4, 0.5) is 0 Å². The van der Waals surface area contributed by atoms with Gasteiger partial charge in [-0.2, -0.15) is 11.3 Å². The first-order chi connectivity index (χ1) is 8.47. The van der Waals surface area contributed by atoms with Crippen LogP contribution in [0, 0.1) is 0 Å². The summed E-state index contributed by atoms with van der Waals surface area (Å²) in [7, 11) is 0. The van der Waals surface area contributed by atoms with Crippen LogP contribution in [0.2, 0.25) is 0 Å². The molecule has 0 aliphatic heterocycles. The van der Waals surface area contributed by atoms with Crippen molar-refractivity contribution in [3.8, 4) is 0 Å². The van der Waals surface area contributed by atoms with Gasteiger partial charge in [-0.05, 0) is 34.0 Å². The van der Waals surface area contributed by atoms with Crippen molar-refractivity contribution in [2.24, 2.45) is 5.73 Å². The van der Waals surface area contributed by atoms with Crippen LogP contribution in [0.3, 0.4) is 0 Å². The molecule has 2 N–H and O–H groups in total. The third-order valence-corrected chi connectivity index (χ3v) is 4.48. The Kier molecular flexibility index (Phi) is 5.93. The third kappa shape index (κ3) is 4.53. The molecule has 0 aliphatic carbocycles. The summed E-state index contributed by atoms with van der Waals surface area (Å²) >= 11 is 3.57. The molecule has 0 unspecified atom stereocenters. The molecule has 2 aromatic rings. The Morgan fingerprint density at radius 1 is 1.16 bits per heavy atom. The van der Waals surface area contributed by atoms with E-state index in [-0.39, 0.29) is 23.2 Å². The molecule has 1 nitrogen and oxygen atoms in total. The van der Waals surface area contributed by atoms with Crippen LogP contribution in [0.25, 0.3) is 0 Å². The summed E-state index contributed by atoms with van der Waals surface area (Å²) in [5.41, 5.74) is 8.79. The van der Waals surface area contributed by atoms with Gasteiger partial charge in [0.2, 0.25) is 0 Å². The fraction of sp³-hybridized carbons (Fsp3) is 0.333. The Morgan fingerprint density at radius 2 is 1.84 bits per heavy atom. The van der Waals surface area contributed by atoms with E-state index in [9.17, 15) is 0 Å². The Labute approximate surface area is 130 Å². The highest BCUT2D eigenvalue weighted by Crippen LogP contribution is 2.37. The Morgan fingerprint density at radius 3 is 2.42 bits per heavy atom. The van der Waals surface area contributed by atoms with Crippen LogP contribution in [-0.4, -0.2) is 4.75 Å². The average molecular weight is 314 g/mol. The zero-order chi connectivity index (χ0) is 13.2. The topological polar surface area (TPSA) is 26.0 Å². The summed E-state index contributed by atoms with van der Waals surface area (Å²) in [4.78, 5) is 1.28. The summed E-state index contributed by atoms with van der Waals surface area (Å²) in [6.07, 6.45) is 0. The van der Waals surface area contributed by atoms with Gasteiger partial charge in [0.1, 0.15) is 0 Å². The van der Waals surface area contributed by atoms with Gasteiger partial charge in [0.15, 0.2) is 0 Å². The number of benzene rings is 1. The molecule has 0 saturated carbocycles. The summed E-state index contributed by atoms with van der Waals surface area (Å²) < 4.78 is 0.199. The Balaban J connectivity index is 0.00000180. The second kappa shape index (κ2) is 6.80. The molecule has 4 heteroatoms. The first kappa shape index (κ1) is 16.6. The largest absolute Gasteiger partial charge is 0.320 e. The predicted molar refractivity (Wildman–Crippen MR) is 89.6 cm³/mol. The van der Waals surface area contributed by atoms with E-state index in [0.29, 0.717) is 0 Å². The molecule has 0 fully saturated rings. The maximum absolute atomic E-state index is 6.37. The van der Waals surface area contributed by atoms with Crippen molar-refractivity contribution in [3.63, 3.8) is 0 Å². The molecule has 1 aromatic heterocycles. The van der Waals surface area contributed by atoms with Crippen molar-refractivity contribution in [3.05, 3.63) is 52.2 Å². The predicted octanol–water partition coefficient (Wildman–Crippen LogP) is 5.11. The lowest BCUT2D eigenvalue weighted by atomic mass is 10.0. The number of hydrogen-bond donors (Lipinski definition) is 1. The van der Waals surface area contributed by atoms with Crippen LogP contribution in [-0.2, 0) is 0 Å². The molecule has 1 aromatic carbocycles. The lowest BCUT2D eigenvalue weighted by Crippen LogP contribution is -2.14. The minimum atomic E-state index is -0.0256. The van der Waals surface area contributed by atoms with Crippen LogP contribution >= 0.6 is 35.5 Å². The van der Waals surface area contributed by atoms with Crippen LogP contribution in [0.15, 0.2) is 46.0 Å². The molecule has 0 spiro atoms. The van der Waals surface area contributed by atoms with Crippen molar-refractivity contribution in [2.75, 3.05) is 0 Å².